The van der Waals surface area contributed by atoms with Crippen molar-refractivity contribution in [2.75, 3.05) is 40.4 Å². The molecule has 2 aromatic rings. The molecule has 164 valence electrons. The maximum Gasteiger partial charge on any atom is 0.318 e. The number of rotatable bonds is 6. The lowest BCUT2D eigenvalue weighted by Crippen LogP contribution is -2.50. The Bertz CT molecular complexity index is 956. The summed E-state index contributed by atoms with van der Waals surface area (Å²) < 4.78 is 9.98. The van der Waals surface area contributed by atoms with Crippen LogP contribution in [-0.4, -0.2) is 73.2 Å². The molecule has 1 saturated heterocycles. The summed E-state index contributed by atoms with van der Waals surface area (Å²) in [4.78, 5) is 42.0. The van der Waals surface area contributed by atoms with Crippen molar-refractivity contribution >= 4 is 29.5 Å². The second-order valence-corrected chi connectivity index (χ2v) is 8.48. The van der Waals surface area contributed by atoms with E-state index in [0.29, 0.717) is 43.1 Å². The molecule has 0 spiro atoms. The highest BCUT2D eigenvalue weighted by Gasteiger charge is 2.27. The van der Waals surface area contributed by atoms with Crippen molar-refractivity contribution in [3.8, 4) is 5.75 Å². The molecule has 0 aromatic heterocycles. The molecule has 1 heterocycles. The largest absolute Gasteiger partial charge is 0.497 e. The first-order valence-corrected chi connectivity index (χ1v) is 10.9. The Morgan fingerprint density at radius 2 is 1.55 bits per heavy atom. The summed E-state index contributed by atoms with van der Waals surface area (Å²) in [6.45, 7) is 3.55. The van der Waals surface area contributed by atoms with E-state index in [4.69, 9.17) is 9.47 Å². The quantitative estimate of drug-likeness (QED) is 0.506. The van der Waals surface area contributed by atoms with Gasteiger partial charge in [0.1, 0.15) is 11.0 Å². The van der Waals surface area contributed by atoms with Crippen molar-refractivity contribution in [2.45, 2.75) is 17.1 Å². The molecule has 1 fully saturated rings. The normalized spacial score (nSPS) is 14.7. The number of thioether (sulfide) groups is 1. The number of ether oxygens (including phenoxy) is 2. The number of carbonyl (C=O) groups is 3. The van der Waals surface area contributed by atoms with Gasteiger partial charge in [-0.2, -0.15) is 0 Å². The maximum absolute atomic E-state index is 13.1. The van der Waals surface area contributed by atoms with Crippen molar-refractivity contribution in [3.63, 3.8) is 0 Å². The van der Waals surface area contributed by atoms with E-state index in [0.717, 1.165) is 4.90 Å². The van der Waals surface area contributed by atoms with Crippen molar-refractivity contribution in [3.05, 3.63) is 59.7 Å². The van der Waals surface area contributed by atoms with Gasteiger partial charge in [0.25, 0.3) is 11.8 Å². The molecule has 0 N–H and O–H groups in total. The molecule has 1 unspecified atom stereocenters. The minimum Gasteiger partial charge on any atom is -0.497 e. The number of hydrogen-bond donors (Lipinski definition) is 0. The van der Waals surface area contributed by atoms with Gasteiger partial charge >= 0.3 is 5.97 Å². The fourth-order valence-corrected chi connectivity index (χ4v) is 4.39. The summed E-state index contributed by atoms with van der Waals surface area (Å²) in [5.74, 6) is 0.120. The van der Waals surface area contributed by atoms with E-state index in [2.05, 4.69) is 0 Å². The first-order valence-electron chi connectivity index (χ1n) is 10.0. The third kappa shape index (κ3) is 5.38. The third-order valence-electron chi connectivity index (χ3n) is 5.13. The first kappa shape index (κ1) is 22.7. The van der Waals surface area contributed by atoms with Gasteiger partial charge < -0.3 is 19.3 Å². The number of nitrogens with zero attached hydrogens (tertiary/aromatic N) is 2. The van der Waals surface area contributed by atoms with Gasteiger partial charge in [-0.05, 0) is 37.3 Å². The predicted molar refractivity (Wildman–Crippen MR) is 119 cm³/mol. The van der Waals surface area contributed by atoms with Gasteiger partial charge in [0.2, 0.25) is 0 Å². The van der Waals surface area contributed by atoms with Gasteiger partial charge in [-0.15, -0.1) is 11.8 Å². The summed E-state index contributed by atoms with van der Waals surface area (Å²) in [6, 6.07) is 14.3. The van der Waals surface area contributed by atoms with Crippen LogP contribution < -0.4 is 4.74 Å². The molecule has 1 aliphatic heterocycles. The van der Waals surface area contributed by atoms with Crippen molar-refractivity contribution in [1.29, 1.82) is 0 Å². The summed E-state index contributed by atoms with van der Waals surface area (Å²) in [5.41, 5.74) is 1.12. The fourth-order valence-electron chi connectivity index (χ4n) is 3.37. The smallest absolute Gasteiger partial charge is 0.318 e. The van der Waals surface area contributed by atoms with E-state index < -0.39 is 5.25 Å². The molecule has 0 bridgehead atoms. The Kier molecular flexibility index (Phi) is 7.57. The van der Waals surface area contributed by atoms with E-state index in [1.54, 1.807) is 54.2 Å². The highest BCUT2D eigenvalue weighted by Crippen LogP contribution is 2.28. The zero-order valence-electron chi connectivity index (χ0n) is 17.9. The molecule has 1 atom stereocenters. The average molecular weight is 443 g/mol. The fraction of sp³-hybridized carbons (Fsp3) is 0.348. The van der Waals surface area contributed by atoms with E-state index in [9.17, 15) is 14.4 Å². The minimum atomic E-state index is -0.420. The van der Waals surface area contributed by atoms with Crippen LogP contribution in [0.25, 0.3) is 0 Å². The predicted octanol–water partition coefficient (Wildman–Crippen LogP) is 2.95. The maximum atomic E-state index is 13.1. The molecule has 1 aliphatic rings. The second kappa shape index (κ2) is 10.3. The highest BCUT2D eigenvalue weighted by molar-refractivity contribution is 8.00. The van der Waals surface area contributed by atoms with Crippen LogP contribution in [0.3, 0.4) is 0 Å². The molecule has 2 aromatic carbocycles. The van der Waals surface area contributed by atoms with Crippen molar-refractivity contribution in [1.82, 2.24) is 9.80 Å². The molecule has 0 saturated carbocycles. The van der Waals surface area contributed by atoms with Crippen LogP contribution >= 0.6 is 11.8 Å². The van der Waals surface area contributed by atoms with Crippen LogP contribution in [0.2, 0.25) is 0 Å². The van der Waals surface area contributed by atoms with Gasteiger partial charge in [-0.1, -0.05) is 18.2 Å². The lowest BCUT2D eigenvalue weighted by molar-refractivity contribution is -0.139. The van der Waals surface area contributed by atoms with Crippen molar-refractivity contribution < 1.29 is 23.9 Å². The van der Waals surface area contributed by atoms with Crippen molar-refractivity contribution in [2.24, 2.45) is 0 Å². The molecular formula is C23H26N2O5S. The lowest BCUT2D eigenvalue weighted by Gasteiger charge is -2.35. The van der Waals surface area contributed by atoms with Gasteiger partial charge in [0, 0.05) is 36.6 Å². The van der Waals surface area contributed by atoms with Crippen LogP contribution in [0, 0.1) is 0 Å². The first-order chi connectivity index (χ1) is 14.9. The topological polar surface area (TPSA) is 76.2 Å². The molecule has 8 heteroatoms. The number of benzene rings is 2. The average Bonchev–Trinajstić information content (AvgIpc) is 2.83. The van der Waals surface area contributed by atoms with Gasteiger partial charge in [0.05, 0.1) is 19.8 Å². The number of carbonyl (C=O) groups excluding carboxylic acids is 3. The highest BCUT2D eigenvalue weighted by atomic mass is 32.2. The molecule has 31 heavy (non-hydrogen) atoms. The summed E-state index contributed by atoms with van der Waals surface area (Å²) in [5, 5.41) is -0.420. The van der Waals surface area contributed by atoms with Gasteiger partial charge in [-0.25, -0.2) is 0 Å². The van der Waals surface area contributed by atoms with Crippen LogP contribution in [0.1, 0.15) is 27.6 Å². The van der Waals surface area contributed by atoms with Crippen LogP contribution in [0.15, 0.2) is 53.4 Å². The standard InChI is InChI=1S/C23H26N2O5S/c1-16(23(28)30-3)31-20-10-5-4-9-19(20)22(27)25-13-11-24(12-14-25)21(26)17-7-6-8-18(15-17)29-2/h4-10,15-16H,11-14H2,1-3H3. The summed E-state index contributed by atoms with van der Waals surface area (Å²) >= 11 is 1.30. The number of esters is 1. The second-order valence-electron chi connectivity index (χ2n) is 7.10. The Balaban J connectivity index is 1.65. The van der Waals surface area contributed by atoms with Crippen LogP contribution in [-0.2, 0) is 9.53 Å². The van der Waals surface area contributed by atoms with Crippen LogP contribution in [0.5, 0.6) is 5.75 Å². The Hall–Kier alpha value is -3.00. The van der Waals surface area contributed by atoms with Gasteiger partial charge in [-0.3, -0.25) is 14.4 Å². The number of piperazine rings is 1. The minimum absolute atomic E-state index is 0.0751. The van der Waals surface area contributed by atoms with Gasteiger partial charge in [0.15, 0.2) is 0 Å². The summed E-state index contributed by atoms with van der Waals surface area (Å²) in [7, 11) is 2.92. The molecule has 2 amide bonds. The Morgan fingerprint density at radius 3 is 2.19 bits per heavy atom. The van der Waals surface area contributed by atoms with E-state index in [1.807, 2.05) is 18.2 Å². The number of hydrogen-bond acceptors (Lipinski definition) is 6. The lowest BCUT2D eigenvalue weighted by atomic mass is 10.1. The third-order valence-corrected chi connectivity index (χ3v) is 6.28. The Morgan fingerprint density at radius 1 is 0.903 bits per heavy atom. The summed E-state index contributed by atoms with van der Waals surface area (Å²) in [6.07, 6.45) is 0. The van der Waals surface area contributed by atoms with E-state index in [1.165, 1.54) is 18.9 Å². The van der Waals surface area contributed by atoms with E-state index >= 15 is 0 Å². The van der Waals surface area contributed by atoms with E-state index in [-0.39, 0.29) is 17.8 Å². The monoisotopic (exact) mass is 442 g/mol. The molecule has 0 aliphatic carbocycles. The molecule has 0 radical (unpaired) electrons. The number of methoxy groups -OCH3 is 2. The molecule has 3 rings (SSSR count). The van der Waals surface area contributed by atoms with Crippen LogP contribution in [0.4, 0.5) is 0 Å². The zero-order chi connectivity index (χ0) is 22.4. The molecular weight excluding hydrogens is 416 g/mol. The Labute approximate surface area is 186 Å². The zero-order valence-corrected chi connectivity index (χ0v) is 18.7. The number of amides is 2. The molecule has 7 nitrogen and oxygen atoms in total. The SMILES string of the molecule is COC(=O)C(C)Sc1ccccc1C(=O)N1CCN(C(=O)c2cccc(OC)c2)CC1.